The molecular formula is C12H11NS. The molecule has 1 heterocycles. The summed E-state index contributed by atoms with van der Waals surface area (Å²) in [6.45, 7) is 0. The highest BCUT2D eigenvalue weighted by Crippen LogP contribution is 2.23. The van der Waals surface area contributed by atoms with E-state index in [0.29, 0.717) is 6.42 Å². The number of terminal acetylenes is 1. The van der Waals surface area contributed by atoms with E-state index in [1.807, 2.05) is 13.2 Å². The molecule has 0 spiro atoms. The zero-order valence-corrected chi connectivity index (χ0v) is 8.88. The molecule has 14 heavy (non-hydrogen) atoms. The van der Waals surface area contributed by atoms with Gasteiger partial charge in [-0.05, 0) is 23.8 Å². The molecule has 0 N–H and O–H groups in total. The largest absolute Gasteiger partial charge is 0.351 e. The van der Waals surface area contributed by atoms with Gasteiger partial charge in [-0.3, -0.25) is 0 Å². The van der Waals surface area contributed by atoms with Gasteiger partial charge in [0.05, 0.1) is 0 Å². The van der Waals surface area contributed by atoms with Crippen molar-refractivity contribution >= 4 is 23.5 Å². The Balaban J connectivity index is 2.69. The lowest BCUT2D eigenvalue weighted by Gasteiger charge is -2.03. The minimum atomic E-state index is 0.639. The topological polar surface area (TPSA) is 4.93 Å². The maximum Gasteiger partial charge on any atom is 0.0481 e. The molecule has 0 saturated carbocycles. The van der Waals surface area contributed by atoms with Gasteiger partial charge in [-0.15, -0.1) is 25.0 Å². The Morgan fingerprint density at radius 2 is 2.29 bits per heavy atom. The van der Waals surface area contributed by atoms with Gasteiger partial charge in [-0.25, -0.2) is 0 Å². The van der Waals surface area contributed by atoms with Crippen molar-refractivity contribution in [1.29, 1.82) is 0 Å². The van der Waals surface area contributed by atoms with Gasteiger partial charge in [0.25, 0.3) is 0 Å². The van der Waals surface area contributed by atoms with Crippen LogP contribution < -0.4 is 0 Å². The van der Waals surface area contributed by atoms with Crippen LogP contribution in [-0.4, -0.2) is 4.57 Å². The summed E-state index contributed by atoms with van der Waals surface area (Å²) in [5, 5.41) is 1.21. The molecule has 2 heteroatoms. The molecule has 0 amide bonds. The molecule has 0 aliphatic carbocycles. The van der Waals surface area contributed by atoms with Crippen molar-refractivity contribution in [1.82, 2.24) is 4.57 Å². The maximum atomic E-state index is 5.30. The quantitative estimate of drug-likeness (QED) is 0.534. The van der Waals surface area contributed by atoms with E-state index in [9.17, 15) is 0 Å². The van der Waals surface area contributed by atoms with Gasteiger partial charge in [0.1, 0.15) is 0 Å². The van der Waals surface area contributed by atoms with E-state index in [2.05, 4.69) is 41.3 Å². The van der Waals surface area contributed by atoms with Crippen LogP contribution in [0.1, 0.15) is 5.56 Å². The lowest BCUT2D eigenvalue weighted by atomic mass is 10.1. The van der Waals surface area contributed by atoms with Crippen LogP contribution in [0.15, 0.2) is 29.3 Å². The summed E-state index contributed by atoms with van der Waals surface area (Å²) in [6.07, 6.45) is 7.97. The number of nitrogens with zero attached hydrogens (tertiary/aromatic N) is 1. The summed E-state index contributed by atoms with van der Waals surface area (Å²) >= 11 is 4.41. The first-order valence-electron chi connectivity index (χ1n) is 4.43. The molecule has 0 aliphatic heterocycles. The van der Waals surface area contributed by atoms with Crippen LogP contribution in [0.25, 0.3) is 10.9 Å². The van der Waals surface area contributed by atoms with Crippen LogP contribution in [0, 0.1) is 12.3 Å². The molecule has 0 fully saturated rings. The summed E-state index contributed by atoms with van der Waals surface area (Å²) in [5.41, 5.74) is 2.32. The van der Waals surface area contributed by atoms with Crippen LogP contribution in [0.4, 0.5) is 0 Å². The molecule has 1 aromatic carbocycles. The molecule has 0 bridgehead atoms. The van der Waals surface area contributed by atoms with E-state index in [1.165, 1.54) is 10.9 Å². The summed E-state index contributed by atoms with van der Waals surface area (Å²) < 4.78 is 2.09. The monoisotopic (exact) mass is 201 g/mol. The highest BCUT2D eigenvalue weighted by Gasteiger charge is 2.03. The van der Waals surface area contributed by atoms with Gasteiger partial charge >= 0.3 is 0 Å². The van der Waals surface area contributed by atoms with E-state index >= 15 is 0 Å². The van der Waals surface area contributed by atoms with Crippen molar-refractivity contribution in [2.75, 3.05) is 0 Å². The van der Waals surface area contributed by atoms with Gasteiger partial charge in [-0.1, -0.05) is 0 Å². The summed E-state index contributed by atoms with van der Waals surface area (Å²) in [6, 6.07) is 6.25. The molecule has 70 valence electrons. The summed E-state index contributed by atoms with van der Waals surface area (Å²) in [4.78, 5) is 0.974. The number of aryl methyl sites for hydroxylation is 1. The van der Waals surface area contributed by atoms with Crippen molar-refractivity contribution in [3.8, 4) is 12.3 Å². The molecule has 0 saturated heterocycles. The Kier molecular flexibility index (Phi) is 2.26. The van der Waals surface area contributed by atoms with Gasteiger partial charge in [0.15, 0.2) is 0 Å². The average Bonchev–Trinajstić information content (AvgIpc) is 2.49. The number of thiol groups is 1. The van der Waals surface area contributed by atoms with Crippen LogP contribution in [0.2, 0.25) is 0 Å². The Labute approximate surface area is 89.1 Å². The third-order valence-electron chi connectivity index (χ3n) is 2.38. The number of rotatable bonds is 1. The molecule has 1 nitrogen and oxygen atoms in total. The van der Waals surface area contributed by atoms with Crippen molar-refractivity contribution in [2.24, 2.45) is 7.05 Å². The van der Waals surface area contributed by atoms with E-state index < -0.39 is 0 Å². The smallest absolute Gasteiger partial charge is 0.0481 e. The SMILES string of the molecule is C#CCc1cc2c(ccn2C)cc1S. The van der Waals surface area contributed by atoms with Crippen LogP contribution in [0.5, 0.6) is 0 Å². The second kappa shape index (κ2) is 3.43. The minimum absolute atomic E-state index is 0.639. The highest BCUT2D eigenvalue weighted by atomic mass is 32.1. The van der Waals surface area contributed by atoms with Crippen molar-refractivity contribution < 1.29 is 0 Å². The molecule has 0 atom stereocenters. The van der Waals surface area contributed by atoms with Crippen molar-refractivity contribution in [3.63, 3.8) is 0 Å². The van der Waals surface area contributed by atoms with Crippen LogP contribution >= 0.6 is 12.6 Å². The average molecular weight is 201 g/mol. The molecule has 2 aromatic rings. The van der Waals surface area contributed by atoms with E-state index in [4.69, 9.17) is 6.42 Å². The fourth-order valence-electron chi connectivity index (χ4n) is 1.60. The molecule has 0 radical (unpaired) electrons. The lowest BCUT2D eigenvalue weighted by Crippen LogP contribution is -1.88. The van der Waals surface area contributed by atoms with Crippen LogP contribution in [0.3, 0.4) is 0 Å². The van der Waals surface area contributed by atoms with Gasteiger partial charge in [0, 0.05) is 35.5 Å². The number of benzene rings is 1. The Morgan fingerprint density at radius 3 is 3.00 bits per heavy atom. The normalized spacial score (nSPS) is 10.4. The van der Waals surface area contributed by atoms with E-state index in [1.54, 1.807) is 0 Å². The predicted octanol–water partition coefficient (Wildman–Crippen LogP) is 2.64. The Bertz CT molecular complexity index is 517. The van der Waals surface area contributed by atoms with E-state index in [-0.39, 0.29) is 0 Å². The third kappa shape index (κ3) is 1.40. The maximum absolute atomic E-state index is 5.30. The Hall–Kier alpha value is -1.33. The number of hydrogen-bond acceptors (Lipinski definition) is 1. The number of fused-ring (bicyclic) bond motifs is 1. The molecule has 0 aliphatic rings. The highest BCUT2D eigenvalue weighted by molar-refractivity contribution is 7.80. The second-order valence-electron chi connectivity index (χ2n) is 3.35. The second-order valence-corrected chi connectivity index (χ2v) is 3.83. The molecular weight excluding hydrogens is 190 g/mol. The first-order valence-corrected chi connectivity index (χ1v) is 4.87. The van der Waals surface area contributed by atoms with Crippen molar-refractivity contribution in [2.45, 2.75) is 11.3 Å². The predicted molar refractivity (Wildman–Crippen MR) is 62.7 cm³/mol. The van der Waals surface area contributed by atoms with E-state index in [0.717, 1.165) is 10.5 Å². The number of aromatic nitrogens is 1. The van der Waals surface area contributed by atoms with Crippen LogP contribution in [-0.2, 0) is 13.5 Å². The first-order chi connectivity index (χ1) is 6.72. The molecule has 1 aromatic heterocycles. The first kappa shape index (κ1) is 9.23. The van der Waals surface area contributed by atoms with Gasteiger partial charge < -0.3 is 4.57 Å². The lowest BCUT2D eigenvalue weighted by molar-refractivity contribution is 0.966. The summed E-state index contributed by atoms with van der Waals surface area (Å²) in [5.74, 6) is 2.64. The zero-order valence-electron chi connectivity index (χ0n) is 7.99. The Morgan fingerprint density at radius 1 is 1.50 bits per heavy atom. The standard InChI is InChI=1S/C12H11NS/c1-3-4-10-7-11-9(8-12(10)14)5-6-13(11)2/h1,5-8,14H,4H2,2H3. The van der Waals surface area contributed by atoms with Gasteiger partial charge in [-0.2, -0.15) is 0 Å². The number of hydrogen-bond donors (Lipinski definition) is 1. The van der Waals surface area contributed by atoms with Gasteiger partial charge in [0.2, 0.25) is 0 Å². The minimum Gasteiger partial charge on any atom is -0.351 e. The fraction of sp³-hybridized carbons (Fsp3) is 0.167. The molecule has 2 rings (SSSR count). The van der Waals surface area contributed by atoms with Crippen molar-refractivity contribution in [3.05, 3.63) is 30.0 Å². The zero-order chi connectivity index (χ0) is 10.1. The molecule has 0 unspecified atom stereocenters. The fourth-order valence-corrected chi connectivity index (χ4v) is 1.88. The summed E-state index contributed by atoms with van der Waals surface area (Å²) in [7, 11) is 2.03. The third-order valence-corrected chi connectivity index (χ3v) is 2.79.